The number of aryl methyl sites for hydroxylation is 1. The van der Waals surface area contributed by atoms with Crippen LogP contribution >= 0.6 is 11.6 Å². The molecular formula is C38H44ClN5O3. The third-order valence-corrected chi connectivity index (χ3v) is 9.26. The molecule has 1 amide bonds. The molecule has 2 unspecified atom stereocenters. The molecule has 0 aliphatic heterocycles. The molecule has 8 nitrogen and oxygen atoms in total. The molecule has 2 atom stereocenters. The van der Waals surface area contributed by atoms with Crippen molar-refractivity contribution < 1.29 is 13.9 Å². The molecule has 9 heteroatoms. The molecule has 1 aliphatic carbocycles. The van der Waals surface area contributed by atoms with Gasteiger partial charge in [-0.2, -0.15) is 5.26 Å². The Balaban J connectivity index is 1.31. The van der Waals surface area contributed by atoms with Crippen LogP contribution in [0.4, 0.5) is 0 Å². The number of rotatable bonds is 13. The predicted molar refractivity (Wildman–Crippen MR) is 186 cm³/mol. The Kier molecular flexibility index (Phi) is 11.7. The number of amides is 1. The van der Waals surface area contributed by atoms with E-state index in [-0.39, 0.29) is 29.1 Å². The molecule has 4 aromatic rings. The summed E-state index contributed by atoms with van der Waals surface area (Å²) in [5.74, 6) is 1.57. The lowest BCUT2D eigenvalue weighted by Crippen LogP contribution is -2.47. The highest BCUT2D eigenvalue weighted by molar-refractivity contribution is 6.34. The number of benzene rings is 3. The fourth-order valence-corrected chi connectivity index (χ4v) is 6.24. The molecular weight excluding hydrogens is 610 g/mol. The van der Waals surface area contributed by atoms with Crippen molar-refractivity contribution in [2.45, 2.75) is 76.7 Å². The number of halogens is 1. The van der Waals surface area contributed by atoms with E-state index in [0.29, 0.717) is 53.8 Å². The summed E-state index contributed by atoms with van der Waals surface area (Å²) in [6.45, 7) is 5.32. The van der Waals surface area contributed by atoms with Crippen LogP contribution < -0.4 is 26.4 Å². The van der Waals surface area contributed by atoms with Gasteiger partial charge in [0.2, 0.25) is 0 Å². The number of nitriles is 1. The molecule has 1 aliphatic rings. The molecule has 5 N–H and O–H groups in total. The van der Waals surface area contributed by atoms with Crippen LogP contribution in [0.15, 0.2) is 77.2 Å². The van der Waals surface area contributed by atoms with Gasteiger partial charge in [-0.15, -0.1) is 0 Å². The third kappa shape index (κ3) is 9.24. The lowest BCUT2D eigenvalue weighted by molar-refractivity contribution is 0.0935. The maximum absolute atomic E-state index is 13.8. The summed E-state index contributed by atoms with van der Waals surface area (Å²) in [5, 5.41) is 19.9. The second-order valence-corrected chi connectivity index (χ2v) is 12.9. The van der Waals surface area contributed by atoms with Gasteiger partial charge in [-0.3, -0.25) is 4.79 Å². The molecule has 5 rings (SSSR count). The number of nitrogens with one attached hydrogen (secondary N) is 3. The number of carbonyl (C=O) groups excluding carboxylic acids is 1. The summed E-state index contributed by atoms with van der Waals surface area (Å²) >= 11 is 6.67. The first-order valence-corrected chi connectivity index (χ1v) is 16.7. The lowest BCUT2D eigenvalue weighted by Gasteiger charge is -2.29. The van der Waals surface area contributed by atoms with E-state index in [1.54, 1.807) is 31.4 Å². The van der Waals surface area contributed by atoms with Crippen LogP contribution in [0.25, 0.3) is 11.3 Å². The zero-order valence-electron chi connectivity index (χ0n) is 27.3. The first kappa shape index (κ1) is 34.2. The highest BCUT2D eigenvalue weighted by atomic mass is 35.5. The smallest absolute Gasteiger partial charge is 0.253 e. The normalized spacial score (nSPS) is 17.4. The van der Waals surface area contributed by atoms with Gasteiger partial charge < -0.3 is 30.8 Å². The Labute approximate surface area is 282 Å². The summed E-state index contributed by atoms with van der Waals surface area (Å²) in [5.41, 5.74) is 11.1. The molecule has 1 aromatic heterocycles. The van der Waals surface area contributed by atoms with Gasteiger partial charge in [-0.1, -0.05) is 53.6 Å². The first-order chi connectivity index (χ1) is 22.7. The summed E-state index contributed by atoms with van der Waals surface area (Å²) in [6, 6.07) is 25.8. The van der Waals surface area contributed by atoms with E-state index >= 15 is 0 Å². The molecule has 246 valence electrons. The molecule has 0 radical (unpaired) electrons. The number of nitrogens with zero attached hydrogens (tertiary/aromatic N) is 1. The van der Waals surface area contributed by atoms with Gasteiger partial charge in [0.25, 0.3) is 5.91 Å². The van der Waals surface area contributed by atoms with Gasteiger partial charge in [0.15, 0.2) is 0 Å². The number of furan rings is 1. The molecule has 0 spiro atoms. The van der Waals surface area contributed by atoms with E-state index in [1.165, 1.54) is 11.1 Å². The van der Waals surface area contributed by atoms with Crippen molar-refractivity contribution in [1.82, 2.24) is 16.0 Å². The minimum atomic E-state index is -0.287. The van der Waals surface area contributed by atoms with Crippen LogP contribution in [0.3, 0.4) is 0 Å². The molecule has 0 saturated heterocycles. The van der Waals surface area contributed by atoms with Crippen LogP contribution in [0.1, 0.15) is 77.0 Å². The Morgan fingerprint density at radius 1 is 1.06 bits per heavy atom. The van der Waals surface area contributed by atoms with Gasteiger partial charge in [-0.25, -0.2) is 0 Å². The number of hydrogen-bond donors (Lipinski definition) is 4. The number of nitrogens with two attached hydrogens (primary N) is 1. The van der Waals surface area contributed by atoms with Crippen LogP contribution in [-0.2, 0) is 13.0 Å². The quantitative estimate of drug-likeness (QED) is 0.124. The zero-order valence-corrected chi connectivity index (χ0v) is 28.1. The Morgan fingerprint density at radius 3 is 2.47 bits per heavy atom. The maximum Gasteiger partial charge on any atom is 0.253 e. The molecule has 1 heterocycles. The minimum absolute atomic E-state index is 0.145. The van der Waals surface area contributed by atoms with Gasteiger partial charge in [0.1, 0.15) is 17.3 Å². The summed E-state index contributed by atoms with van der Waals surface area (Å²) in [4.78, 5) is 13.8. The highest BCUT2D eigenvalue weighted by Crippen LogP contribution is 2.36. The van der Waals surface area contributed by atoms with E-state index in [1.807, 2.05) is 24.3 Å². The van der Waals surface area contributed by atoms with Crippen molar-refractivity contribution in [2.24, 2.45) is 5.73 Å². The van der Waals surface area contributed by atoms with Crippen molar-refractivity contribution in [3.63, 3.8) is 0 Å². The predicted octanol–water partition coefficient (Wildman–Crippen LogP) is 6.84. The molecule has 1 fully saturated rings. The number of carbonyl (C=O) groups is 1. The van der Waals surface area contributed by atoms with Gasteiger partial charge >= 0.3 is 0 Å². The number of methoxy groups -OCH3 is 1. The Morgan fingerprint density at radius 2 is 1.79 bits per heavy atom. The van der Waals surface area contributed by atoms with Crippen molar-refractivity contribution in [3.8, 4) is 23.1 Å². The fraction of sp³-hybridized carbons (Fsp3) is 0.368. The minimum Gasteiger partial charge on any atom is -0.496 e. The SMILES string of the molecule is COc1cc(Cl)c(C(=O)NC(CN[C@H]2CC[C@@H](N)CC2)Cc2ccc(C#N)cc2)cc1-c1ccc(CNC(C)c2ccc(C)cc2)o1. The van der Waals surface area contributed by atoms with Crippen molar-refractivity contribution >= 4 is 17.5 Å². The molecule has 3 aromatic carbocycles. The number of hydrogen-bond acceptors (Lipinski definition) is 7. The second-order valence-electron chi connectivity index (χ2n) is 12.5. The monoisotopic (exact) mass is 653 g/mol. The Hall–Kier alpha value is -4.13. The van der Waals surface area contributed by atoms with Crippen molar-refractivity contribution in [2.75, 3.05) is 13.7 Å². The summed E-state index contributed by atoms with van der Waals surface area (Å²) in [6.07, 6.45) is 4.60. The van der Waals surface area contributed by atoms with Gasteiger partial charge in [-0.05, 0) is 87.4 Å². The van der Waals surface area contributed by atoms with Crippen LogP contribution in [0.5, 0.6) is 5.75 Å². The highest BCUT2D eigenvalue weighted by Gasteiger charge is 2.23. The molecule has 0 bridgehead atoms. The third-order valence-electron chi connectivity index (χ3n) is 8.95. The topological polar surface area (TPSA) is 125 Å². The number of ether oxygens (including phenoxy) is 1. The fourth-order valence-electron chi connectivity index (χ4n) is 6.00. The molecule has 1 saturated carbocycles. The Bertz CT molecular complexity index is 1670. The first-order valence-electron chi connectivity index (χ1n) is 16.3. The second kappa shape index (κ2) is 16.1. The average molecular weight is 654 g/mol. The van der Waals surface area contributed by atoms with E-state index in [9.17, 15) is 10.1 Å². The van der Waals surface area contributed by atoms with E-state index in [0.717, 1.165) is 37.0 Å². The van der Waals surface area contributed by atoms with E-state index < -0.39 is 0 Å². The van der Waals surface area contributed by atoms with Crippen molar-refractivity contribution in [1.29, 1.82) is 5.26 Å². The van der Waals surface area contributed by atoms with Crippen molar-refractivity contribution in [3.05, 3.63) is 111 Å². The summed E-state index contributed by atoms with van der Waals surface area (Å²) < 4.78 is 11.9. The van der Waals surface area contributed by atoms with Crippen LogP contribution in [0, 0.1) is 18.3 Å². The van der Waals surface area contributed by atoms with Gasteiger partial charge in [0.05, 0.1) is 41.4 Å². The lowest BCUT2D eigenvalue weighted by atomic mass is 9.91. The largest absolute Gasteiger partial charge is 0.496 e. The summed E-state index contributed by atoms with van der Waals surface area (Å²) in [7, 11) is 1.57. The van der Waals surface area contributed by atoms with E-state index in [2.05, 4.69) is 60.1 Å². The molecule has 47 heavy (non-hydrogen) atoms. The maximum atomic E-state index is 13.8. The van der Waals surface area contributed by atoms with E-state index in [4.69, 9.17) is 26.5 Å². The van der Waals surface area contributed by atoms with Crippen LogP contribution in [-0.4, -0.2) is 37.7 Å². The standard InChI is InChI=1S/C38H44ClN5O3/c1-24-4-10-28(11-5-24)25(2)42-23-32-16-17-36(47-32)34-19-33(35(39)20-37(34)46-3)38(45)44-31(18-26-6-8-27(21-40)9-7-26)22-43-30-14-12-29(41)13-15-30/h4-11,16-17,19-20,25,29-31,42-43H,12-15,18,22-23,41H2,1-3H3,(H,44,45)/t25?,29-,30+,31?. The van der Waals surface area contributed by atoms with Crippen LogP contribution in [0.2, 0.25) is 5.02 Å². The zero-order chi connectivity index (χ0) is 33.3. The average Bonchev–Trinajstić information content (AvgIpc) is 3.56. The van der Waals surface area contributed by atoms with Gasteiger partial charge in [0, 0.05) is 36.8 Å².